The highest BCUT2D eigenvalue weighted by atomic mass is 16.5. The number of nitrogens with zero attached hydrogens (tertiary/aromatic N) is 3. The van der Waals surface area contributed by atoms with Crippen molar-refractivity contribution in [3.63, 3.8) is 0 Å². The minimum absolute atomic E-state index is 0.0368. The normalized spacial score (nSPS) is 24.2. The lowest BCUT2D eigenvalue weighted by atomic mass is 10.0. The summed E-state index contributed by atoms with van der Waals surface area (Å²) in [6, 6.07) is 0.0368. The average Bonchev–Trinajstić information content (AvgIpc) is 3.09. The Morgan fingerprint density at radius 3 is 2.67 bits per heavy atom. The number of carbonyl (C=O) groups excluding carboxylic acids is 1. The summed E-state index contributed by atoms with van der Waals surface area (Å²) in [5.74, 6) is 2.17. The number of ether oxygens (including phenoxy) is 1. The lowest BCUT2D eigenvalue weighted by Crippen LogP contribution is -2.38. The third kappa shape index (κ3) is 2.59. The van der Waals surface area contributed by atoms with Gasteiger partial charge in [0.2, 0.25) is 5.88 Å². The van der Waals surface area contributed by atoms with Gasteiger partial charge in [0.25, 0.3) is 0 Å². The van der Waals surface area contributed by atoms with Crippen LogP contribution in [0.3, 0.4) is 0 Å². The van der Waals surface area contributed by atoms with Gasteiger partial charge in [-0.2, -0.15) is 5.10 Å². The molecule has 1 N–H and O–H groups in total. The molecule has 3 rings (SSSR count). The highest BCUT2D eigenvalue weighted by Crippen LogP contribution is 2.37. The van der Waals surface area contributed by atoms with E-state index in [2.05, 4.69) is 10.4 Å². The van der Waals surface area contributed by atoms with Crippen molar-refractivity contribution in [3.8, 4) is 5.88 Å². The lowest BCUT2D eigenvalue weighted by molar-refractivity contribution is 0.204. The second-order valence-electron chi connectivity index (χ2n) is 6.21. The summed E-state index contributed by atoms with van der Waals surface area (Å²) in [7, 11) is 3.47. The van der Waals surface area contributed by atoms with Gasteiger partial charge in [-0.3, -0.25) is 0 Å². The van der Waals surface area contributed by atoms with Crippen molar-refractivity contribution >= 4 is 6.03 Å². The maximum atomic E-state index is 12.3. The third-order valence-electron chi connectivity index (χ3n) is 4.91. The number of fused-ring (bicyclic) bond motifs is 1. The monoisotopic (exact) mass is 292 g/mol. The van der Waals surface area contributed by atoms with Gasteiger partial charge in [-0.05, 0) is 31.6 Å². The molecule has 1 saturated carbocycles. The summed E-state index contributed by atoms with van der Waals surface area (Å²) in [5.41, 5.74) is 1.85. The Morgan fingerprint density at radius 2 is 2.05 bits per heavy atom. The zero-order valence-electron chi connectivity index (χ0n) is 13.1. The molecule has 0 spiro atoms. The summed E-state index contributed by atoms with van der Waals surface area (Å²) < 4.78 is 7.06. The van der Waals surface area contributed by atoms with Crippen LogP contribution in [0.15, 0.2) is 0 Å². The number of aromatic nitrogens is 2. The molecule has 2 aliphatic rings. The largest absolute Gasteiger partial charge is 0.481 e. The maximum Gasteiger partial charge on any atom is 0.317 e. The van der Waals surface area contributed by atoms with E-state index in [1.807, 2.05) is 18.9 Å². The van der Waals surface area contributed by atoms with Crippen molar-refractivity contribution in [2.75, 3.05) is 20.2 Å². The van der Waals surface area contributed by atoms with Crippen molar-refractivity contribution in [3.05, 3.63) is 11.3 Å². The fraction of sp³-hybridized carbons (Fsp3) is 0.733. The zero-order chi connectivity index (χ0) is 15.0. The van der Waals surface area contributed by atoms with Crippen LogP contribution in [0.1, 0.15) is 30.5 Å². The van der Waals surface area contributed by atoms with Crippen LogP contribution in [0, 0.1) is 18.8 Å². The number of hydrogen-bond donors (Lipinski definition) is 1. The van der Waals surface area contributed by atoms with Gasteiger partial charge in [0.05, 0.1) is 24.9 Å². The standard InChI is InChI=1S/C15H24N4O2/c1-10-13(14(21-3)18(2)17-10)7-16-15(20)19-8-11-5-4-6-12(11)9-19/h11-12H,4-9H2,1-3H3,(H,16,20). The number of nitrogens with one attached hydrogen (secondary N) is 1. The van der Waals surface area contributed by atoms with Crippen LogP contribution in [0.2, 0.25) is 0 Å². The number of urea groups is 1. The van der Waals surface area contributed by atoms with E-state index in [0.29, 0.717) is 12.4 Å². The molecule has 116 valence electrons. The van der Waals surface area contributed by atoms with Crippen molar-refractivity contribution in [2.24, 2.45) is 18.9 Å². The number of methoxy groups -OCH3 is 1. The van der Waals surface area contributed by atoms with Crippen LogP contribution in [0.4, 0.5) is 4.79 Å². The number of aryl methyl sites for hydroxylation is 2. The topological polar surface area (TPSA) is 59.4 Å². The Kier molecular flexibility index (Phi) is 3.78. The molecule has 0 bridgehead atoms. The molecule has 2 amide bonds. The fourth-order valence-electron chi connectivity index (χ4n) is 3.82. The van der Waals surface area contributed by atoms with Gasteiger partial charge in [0.15, 0.2) is 0 Å². The van der Waals surface area contributed by atoms with Gasteiger partial charge < -0.3 is 15.0 Å². The Hall–Kier alpha value is -1.72. The predicted molar refractivity (Wildman–Crippen MR) is 79.1 cm³/mol. The fourth-order valence-corrected chi connectivity index (χ4v) is 3.82. The molecule has 6 heteroatoms. The van der Waals surface area contributed by atoms with E-state index in [1.165, 1.54) is 19.3 Å². The number of amides is 2. The van der Waals surface area contributed by atoms with E-state index < -0.39 is 0 Å². The van der Waals surface area contributed by atoms with Crippen LogP contribution >= 0.6 is 0 Å². The molecule has 1 aromatic heterocycles. The van der Waals surface area contributed by atoms with Gasteiger partial charge in [-0.1, -0.05) is 6.42 Å². The van der Waals surface area contributed by atoms with Crippen molar-refractivity contribution in [2.45, 2.75) is 32.7 Å². The molecule has 21 heavy (non-hydrogen) atoms. The highest BCUT2D eigenvalue weighted by Gasteiger charge is 2.37. The van der Waals surface area contributed by atoms with Gasteiger partial charge in [-0.15, -0.1) is 0 Å². The maximum absolute atomic E-state index is 12.3. The van der Waals surface area contributed by atoms with Crippen molar-refractivity contribution < 1.29 is 9.53 Å². The summed E-state index contributed by atoms with van der Waals surface area (Å²) in [4.78, 5) is 14.3. The summed E-state index contributed by atoms with van der Waals surface area (Å²) in [6.07, 6.45) is 3.89. The van der Waals surface area contributed by atoms with Crippen molar-refractivity contribution in [1.82, 2.24) is 20.0 Å². The summed E-state index contributed by atoms with van der Waals surface area (Å²) in [6.45, 7) is 4.23. The number of carbonyl (C=O) groups is 1. The number of rotatable bonds is 3. The lowest BCUT2D eigenvalue weighted by Gasteiger charge is -2.18. The molecule has 0 radical (unpaired) electrons. The predicted octanol–water partition coefficient (Wildman–Crippen LogP) is 1.68. The smallest absolute Gasteiger partial charge is 0.317 e. The second kappa shape index (κ2) is 5.58. The Bertz CT molecular complexity index is 528. The van der Waals surface area contributed by atoms with Crippen LogP contribution < -0.4 is 10.1 Å². The molecule has 2 unspecified atom stereocenters. The SMILES string of the molecule is COc1c(CNC(=O)N2CC3CCCC3C2)c(C)nn1C. The third-order valence-corrected chi connectivity index (χ3v) is 4.91. The first-order valence-corrected chi connectivity index (χ1v) is 7.69. The molecule has 1 saturated heterocycles. The van der Waals surface area contributed by atoms with Gasteiger partial charge in [0.1, 0.15) is 0 Å². The van der Waals surface area contributed by atoms with Crippen molar-refractivity contribution in [1.29, 1.82) is 0 Å². The average molecular weight is 292 g/mol. The number of likely N-dealkylation sites (tertiary alicyclic amines) is 1. The minimum atomic E-state index is 0.0368. The Morgan fingerprint density at radius 1 is 1.38 bits per heavy atom. The Labute approximate surface area is 125 Å². The first-order valence-electron chi connectivity index (χ1n) is 7.69. The van der Waals surface area contributed by atoms with E-state index in [9.17, 15) is 4.79 Å². The van der Waals surface area contributed by atoms with E-state index in [-0.39, 0.29) is 6.03 Å². The molecule has 1 aromatic rings. The summed E-state index contributed by atoms with van der Waals surface area (Å²) >= 11 is 0. The van der Waals surface area contributed by atoms with Gasteiger partial charge in [0, 0.05) is 20.1 Å². The molecule has 1 aliphatic heterocycles. The molecule has 2 atom stereocenters. The highest BCUT2D eigenvalue weighted by molar-refractivity contribution is 5.74. The van der Waals surface area contributed by atoms with E-state index >= 15 is 0 Å². The van der Waals surface area contributed by atoms with Crippen LogP contribution in [0.5, 0.6) is 5.88 Å². The van der Waals surface area contributed by atoms with E-state index in [0.717, 1.165) is 36.2 Å². The number of hydrogen-bond acceptors (Lipinski definition) is 3. The van der Waals surface area contributed by atoms with E-state index in [4.69, 9.17) is 4.74 Å². The molecule has 1 aliphatic carbocycles. The van der Waals surface area contributed by atoms with Gasteiger partial charge >= 0.3 is 6.03 Å². The summed E-state index contributed by atoms with van der Waals surface area (Å²) in [5, 5.41) is 7.34. The molecule has 6 nitrogen and oxygen atoms in total. The molecule has 0 aromatic carbocycles. The molecule has 2 fully saturated rings. The second-order valence-corrected chi connectivity index (χ2v) is 6.21. The van der Waals surface area contributed by atoms with Gasteiger partial charge in [-0.25, -0.2) is 9.48 Å². The zero-order valence-corrected chi connectivity index (χ0v) is 13.1. The van der Waals surface area contributed by atoms with Crippen LogP contribution in [-0.2, 0) is 13.6 Å². The first-order chi connectivity index (χ1) is 10.1. The Balaban J connectivity index is 1.59. The first kappa shape index (κ1) is 14.2. The van der Waals surface area contributed by atoms with E-state index in [1.54, 1.807) is 11.8 Å². The minimum Gasteiger partial charge on any atom is -0.481 e. The molecular formula is C15H24N4O2. The molecule has 2 heterocycles. The van der Waals surface area contributed by atoms with Crippen LogP contribution in [-0.4, -0.2) is 40.9 Å². The van der Waals surface area contributed by atoms with Crippen LogP contribution in [0.25, 0.3) is 0 Å². The molecular weight excluding hydrogens is 268 g/mol. The quantitative estimate of drug-likeness (QED) is 0.922.